The average molecular weight is 416 g/mol. The predicted octanol–water partition coefficient (Wildman–Crippen LogP) is 3.50. The zero-order chi connectivity index (χ0) is 18.7. The molecule has 0 atom stereocenters. The maximum Gasteiger partial charge on any atom is 0.338 e. The van der Waals surface area contributed by atoms with Crippen LogP contribution in [0.3, 0.4) is 0 Å². The van der Waals surface area contributed by atoms with Crippen molar-refractivity contribution in [3.63, 3.8) is 0 Å². The fraction of sp³-hybridized carbons (Fsp3) is 0.278. The number of benzene rings is 1. The highest BCUT2D eigenvalue weighted by molar-refractivity contribution is 9.10. The smallest absolute Gasteiger partial charge is 0.338 e. The number of carbonyl (C=O) groups excluding carboxylic acids is 1. The highest BCUT2D eigenvalue weighted by atomic mass is 79.9. The van der Waals surface area contributed by atoms with E-state index in [4.69, 9.17) is 4.74 Å². The largest absolute Gasteiger partial charge is 0.456 e. The normalized spacial score (nSPS) is 11.4. The summed E-state index contributed by atoms with van der Waals surface area (Å²) in [6.45, 7) is 5.97. The molecule has 0 aliphatic heterocycles. The maximum absolute atomic E-state index is 12.0. The third kappa shape index (κ3) is 4.72. The summed E-state index contributed by atoms with van der Waals surface area (Å²) in [5.74, 6) is 0.163. The van der Waals surface area contributed by atoms with Crippen molar-refractivity contribution in [2.45, 2.75) is 32.9 Å². The van der Waals surface area contributed by atoms with Crippen molar-refractivity contribution < 1.29 is 9.53 Å². The standard InChI is InChI=1S/C18H18BrN5O2/c1-18(2,3)26-17(25)13-6-4-12(5-7-13)11-24-22-16(21-23-24)14-8-15(19)10-20-9-14/h4-10H,11H2,1-3H3. The molecule has 0 bridgehead atoms. The Balaban J connectivity index is 1.69. The van der Waals surface area contributed by atoms with Gasteiger partial charge in [0, 0.05) is 22.4 Å². The monoisotopic (exact) mass is 415 g/mol. The van der Waals surface area contributed by atoms with E-state index >= 15 is 0 Å². The van der Waals surface area contributed by atoms with Gasteiger partial charge in [-0.25, -0.2) is 4.79 Å². The Labute approximate surface area is 159 Å². The molecule has 0 aliphatic rings. The second-order valence-corrected chi connectivity index (χ2v) is 7.65. The molecular formula is C18H18BrN5O2. The van der Waals surface area contributed by atoms with Crippen LogP contribution in [0.5, 0.6) is 0 Å². The van der Waals surface area contributed by atoms with Gasteiger partial charge in [0.1, 0.15) is 5.60 Å². The number of hydrogen-bond donors (Lipinski definition) is 0. The Bertz CT molecular complexity index is 916. The summed E-state index contributed by atoms with van der Waals surface area (Å²) in [4.78, 5) is 17.6. The van der Waals surface area contributed by atoms with Gasteiger partial charge in [-0.15, -0.1) is 10.2 Å². The van der Waals surface area contributed by atoms with E-state index < -0.39 is 5.60 Å². The summed E-state index contributed by atoms with van der Waals surface area (Å²) >= 11 is 3.37. The van der Waals surface area contributed by atoms with E-state index in [2.05, 4.69) is 36.3 Å². The van der Waals surface area contributed by atoms with E-state index in [1.54, 1.807) is 24.5 Å². The topological polar surface area (TPSA) is 82.8 Å². The van der Waals surface area contributed by atoms with Crippen LogP contribution in [0.1, 0.15) is 36.7 Å². The first-order valence-electron chi connectivity index (χ1n) is 8.01. The molecule has 0 spiro atoms. The maximum atomic E-state index is 12.0. The van der Waals surface area contributed by atoms with Gasteiger partial charge in [-0.2, -0.15) is 4.80 Å². The zero-order valence-corrected chi connectivity index (χ0v) is 16.3. The van der Waals surface area contributed by atoms with Gasteiger partial charge in [0.2, 0.25) is 5.82 Å². The second kappa shape index (κ2) is 7.33. The van der Waals surface area contributed by atoms with Crippen LogP contribution in [0.15, 0.2) is 47.2 Å². The molecule has 0 aliphatic carbocycles. The molecule has 0 saturated heterocycles. The molecule has 0 N–H and O–H groups in total. The number of esters is 1. The lowest BCUT2D eigenvalue weighted by Gasteiger charge is -2.19. The summed E-state index contributed by atoms with van der Waals surface area (Å²) in [7, 11) is 0. The van der Waals surface area contributed by atoms with E-state index in [1.165, 1.54) is 4.80 Å². The van der Waals surface area contributed by atoms with Crippen LogP contribution in [0.25, 0.3) is 11.4 Å². The van der Waals surface area contributed by atoms with Gasteiger partial charge in [0.15, 0.2) is 0 Å². The summed E-state index contributed by atoms with van der Waals surface area (Å²) in [6.07, 6.45) is 3.38. The van der Waals surface area contributed by atoms with Crippen molar-refractivity contribution >= 4 is 21.9 Å². The quantitative estimate of drug-likeness (QED) is 0.606. The minimum atomic E-state index is -0.516. The number of nitrogens with zero attached hydrogens (tertiary/aromatic N) is 5. The van der Waals surface area contributed by atoms with Crippen molar-refractivity contribution in [3.05, 3.63) is 58.3 Å². The van der Waals surface area contributed by atoms with Crippen LogP contribution in [-0.2, 0) is 11.3 Å². The molecular weight excluding hydrogens is 398 g/mol. The van der Waals surface area contributed by atoms with E-state index in [-0.39, 0.29) is 5.97 Å². The van der Waals surface area contributed by atoms with Gasteiger partial charge in [-0.1, -0.05) is 12.1 Å². The summed E-state index contributed by atoms with van der Waals surface area (Å²) in [6, 6.07) is 9.05. The second-order valence-electron chi connectivity index (χ2n) is 6.73. The van der Waals surface area contributed by atoms with Gasteiger partial charge in [0.05, 0.1) is 12.1 Å². The Morgan fingerprint density at radius 2 is 1.92 bits per heavy atom. The molecule has 2 heterocycles. The van der Waals surface area contributed by atoms with Gasteiger partial charge < -0.3 is 4.74 Å². The lowest BCUT2D eigenvalue weighted by molar-refractivity contribution is 0.00695. The highest BCUT2D eigenvalue weighted by Gasteiger charge is 2.17. The van der Waals surface area contributed by atoms with Gasteiger partial charge >= 0.3 is 5.97 Å². The molecule has 1 aromatic carbocycles. The summed E-state index contributed by atoms with van der Waals surface area (Å²) in [5.41, 5.74) is 1.73. The lowest BCUT2D eigenvalue weighted by Crippen LogP contribution is -2.23. The number of carbonyl (C=O) groups is 1. The Hall–Kier alpha value is -2.61. The van der Waals surface area contributed by atoms with E-state index in [9.17, 15) is 4.79 Å². The SMILES string of the molecule is CC(C)(C)OC(=O)c1ccc(Cn2nnc(-c3cncc(Br)c3)n2)cc1. The number of halogens is 1. The number of pyridine rings is 1. The molecule has 0 amide bonds. The number of rotatable bonds is 4. The first-order chi connectivity index (χ1) is 12.3. The predicted molar refractivity (Wildman–Crippen MR) is 99.5 cm³/mol. The first-order valence-corrected chi connectivity index (χ1v) is 8.80. The molecule has 3 aromatic rings. The molecule has 26 heavy (non-hydrogen) atoms. The van der Waals surface area contributed by atoms with Crippen LogP contribution < -0.4 is 0 Å². The molecule has 7 nitrogen and oxygen atoms in total. The Morgan fingerprint density at radius 1 is 1.19 bits per heavy atom. The molecule has 0 fully saturated rings. The van der Waals surface area contributed by atoms with Crippen molar-refractivity contribution in [2.75, 3.05) is 0 Å². The minimum Gasteiger partial charge on any atom is -0.456 e. The summed E-state index contributed by atoms with van der Waals surface area (Å²) < 4.78 is 6.21. The van der Waals surface area contributed by atoms with Crippen LogP contribution in [0.4, 0.5) is 0 Å². The molecule has 2 aromatic heterocycles. The molecule has 0 saturated carbocycles. The molecule has 134 valence electrons. The van der Waals surface area contributed by atoms with E-state index in [1.807, 2.05) is 39.0 Å². The van der Waals surface area contributed by atoms with Crippen LogP contribution in [-0.4, -0.2) is 36.8 Å². The Kier molecular flexibility index (Phi) is 5.13. The fourth-order valence-electron chi connectivity index (χ4n) is 2.21. The molecule has 0 unspecified atom stereocenters. The molecule has 3 rings (SSSR count). The summed E-state index contributed by atoms with van der Waals surface area (Å²) in [5, 5.41) is 12.5. The van der Waals surface area contributed by atoms with Crippen LogP contribution >= 0.6 is 15.9 Å². The third-order valence-electron chi connectivity index (χ3n) is 3.33. The van der Waals surface area contributed by atoms with Crippen LogP contribution in [0, 0.1) is 0 Å². The third-order valence-corrected chi connectivity index (χ3v) is 3.76. The zero-order valence-electron chi connectivity index (χ0n) is 14.7. The van der Waals surface area contributed by atoms with Crippen molar-refractivity contribution in [1.82, 2.24) is 25.2 Å². The van der Waals surface area contributed by atoms with Crippen LogP contribution in [0.2, 0.25) is 0 Å². The van der Waals surface area contributed by atoms with Gasteiger partial charge in [-0.3, -0.25) is 4.98 Å². The first kappa shape index (κ1) is 18.2. The van der Waals surface area contributed by atoms with Crippen molar-refractivity contribution in [2.24, 2.45) is 0 Å². The van der Waals surface area contributed by atoms with E-state index in [0.29, 0.717) is 17.9 Å². The number of aromatic nitrogens is 5. The number of ether oxygens (including phenoxy) is 1. The molecule has 0 radical (unpaired) electrons. The minimum absolute atomic E-state index is 0.340. The number of hydrogen-bond acceptors (Lipinski definition) is 6. The lowest BCUT2D eigenvalue weighted by atomic mass is 10.1. The fourth-order valence-corrected chi connectivity index (χ4v) is 2.57. The molecule has 8 heteroatoms. The highest BCUT2D eigenvalue weighted by Crippen LogP contribution is 2.18. The van der Waals surface area contributed by atoms with E-state index in [0.717, 1.165) is 15.6 Å². The Morgan fingerprint density at radius 3 is 2.58 bits per heavy atom. The average Bonchev–Trinajstić information content (AvgIpc) is 3.02. The van der Waals surface area contributed by atoms with Gasteiger partial charge in [0.25, 0.3) is 0 Å². The van der Waals surface area contributed by atoms with Crippen molar-refractivity contribution in [1.29, 1.82) is 0 Å². The number of tetrazole rings is 1. The van der Waals surface area contributed by atoms with Crippen molar-refractivity contribution in [3.8, 4) is 11.4 Å². The van der Waals surface area contributed by atoms with Gasteiger partial charge in [-0.05, 0) is 65.7 Å².